The van der Waals surface area contributed by atoms with Gasteiger partial charge in [0.2, 0.25) is 0 Å². The number of fused-ring (bicyclic) bond motifs is 2. The summed E-state index contributed by atoms with van der Waals surface area (Å²) >= 11 is 0. The first-order valence-corrected chi connectivity index (χ1v) is 13.7. The Kier molecular flexibility index (Phi) is 6.42. The largest absolute Gasteiger partial charge is 0.266 e. The molecule has 188 valence electrons. The highest BCUT2D eigenvalue weighted by molar-refractivity contribution is 5.86. The molecule has 0 spiro atoms. The van der Waals surface area contributed by atoms with Crippen LogP contribution in [0.2, 0.25) is 0 Å². The Bertz CT molecular complexity index is 1570. The Balaban J connectivity index is 1.34. The Morgan fingerprint density at radius 1 is 0.410 bits per heavy atom. The van der Waals surface area contributed by atoms with Crippen molar-refractivity contribution >= 4 is 21.5 Å². The Labute approximate surface area is 230 Å². The van der Waals surface area contributed by atoms with Crippen molar-refractivity contribution in [3.05, 3.63) is 175 Å². The van der Waals surface area contributed by atoms with Gasteiger partial charge in [-0.05, 0) is 43.8 Å². The lowest BCUT2D eigenvalue weighted by Gasteiger charge is -2.30. The van der Waals surface area contributed by atoms with E-state index < -0.39 is 0 Å². The van der Waals surface area contributed by atoms with Crippen LogP contribution in [0, 0.1) is 6.67 Å². The third-order valence-electron chi connectivity index (χ3n) is 7.95. The zero-order valence-electron chi connectivity index (χ0n) is 21.8. The fraction of sp³-hybridized carbons (Fsp3) is 0.108. The molecule has 2 atom stereocenters. The van der Waals surface area contributed by atoms with Gasteiger partial charge in [0.15, 0.2) is 0 Å². The number of rotatable bonds is 6. The summed E-state index contributed by atoms with van der Waals surface area (Å²) in [5, 5.41) is 5.16. The highest BCUT2D eigenvalue weighted by atomic mass is 15.4. The Hall–Kier alpha value is -4.24. The summed E-state index contributed by atoms with van der Waals surface area (Å²) in [6, 6.07) is 52.8. The zero-order valence-corrected chi connectivity index (χ0v) is 21.8. The molecule has 6 aromatic rings. The molecule has 1 saturated heterocycles. The van der Waals surface area contributed by atoms with E-state index in [1.165, 1.54) is 43.8 Å². The molecular formula is C37H30N2. The number of nitrogens with zero attached hydrogens (tertiary/aromatic N) is 2. The van der Waals surface area contributed by atoms with Gasteiger partial charge in [-0.15, -0.1) is 0 Å². The lowest BCUT2D eigenvalue weighted by Crippen LogP contribution is -2.24. The zero-order chi connectivity index (χ0) is 26.0. The Morgan fingerprint density at radius 3 is 1.26 bits per heavy atom. The highest BCUT2D eigenvalue weighted by Gasteiger charge is 2.43. The van der Waals surface area contributed by atoms with Crippen molar-refractivity contribution in [2.24, 2.45) is 0 Å². The molecule has 0 N–H and O–H groups in total. The SMILES string of the molecule is [C]1N(Cc2cccc3ccccc23)[C@@H](c2ccccc2)[C@H](c2ccccc2)N1Cc1cccc2ccccc12. The topological polar surface area (TPSA) is 6.48 Å². The van der Waals surface area contributed by atoms with Gasteiger partial charge in [0.25, 0.3) is 0 Å². The van der Waals surface area contributed by atoms with Crippen LogP contribution < -0.4 is 0 Å². The summed E-state index contributed by atoms with van der Waals surface area (Å²) in [5.41, 5.74) is 5.25. The third kappa shape index (κ3) is 4.63. The smallest absolute Gasteiger partial charge is 0.148 e. The van der Waals surface area contributed by atoms with E-state index in [9.17, 15) is 0 Å². The van der Waals surface area contributed by atoms with Crippen molar-refractivity contribution in [1.29, 1.82) is 0 Å². The van der Waals surface area contributed by atoms with E-state index in [2.05, 4.69) is 162 Å². The number of benzene rings is 6. The van der Waals surface area contributed by atoms with Gasteiger partial charge in [-0.3, -0.25) is 9.80 Å². The fourth-order valence-electron chi connectivity index (χ4n) is 6.15. The maximum absolute atomic E-state index is 3.88. The molecular weight excluding hydrogens is 472 g/mol. The summed E-state index contributed by atoms with van der Waals surface area (Å²) in [7, 11) is 0. The quantitative estimate of drug-likeness (QED) is 0.225. The molecule has 6 aromatic carbocycles. The molecule has 0 aromatic heterocycles. The maximum atomic E-state index is 3.88. The molecule has 0 bridgehead atoms. The lowest BCUT2D eigenvalue weighted by atomic mass is 9.92. The van der Waals surface area contributed by atoms with Crippen LogP contribution in [0.4, 0.5) is 0 Å². The van der Waals surface area contributed by atoms with Crippen LogP contribution in [0.25, 0.3) is 21.5 Å². The molecule has 0 unspecified atom stereocenters. The van der Waals surface area contributed by atoms with Crippen LogP contribution in [0.1, 0.15) is 34.3 Å². The highest BCUT2D eigenvalue weighted by Crippen LogP contribution is 2.47. The second kappa shape index (κ2) is 10.5. The lowest BCUT2D eigenvalue weighted by molar-refractivity contribution is 0.264. The van der Waals surface area contributed by atoms with E-state index >= 15 is 0 Å². The summed E-state index contributed by atoms with van der Waals surface area (Å²) in [5.74, 6) is 0. The summed E-state index contributed by atoms with van der Waals surface area (Å²) in [6.07, 6.45) is 0. The molecule has 1 fully saturated rings. The van der Waals surface area contributed by atoms with Gasteiger partial charge in [-0.2, -0.15) is 0 Å². The molecule has 7 rings (SSSR count). The fourth-order valence-corrected chi connectivity index (χ4v) is 6.15. The molecule has 0 saturated carbocycles. The third-order valence-corrected chi connectivity index (χ3v) is 7.95. The van der Waals surface area contributed by atoms with E-state index in [-0.39, 0.29) is 12.1 Å². The van der Waals surface area contributed by atoms with Crippen LogP contribution in [0.5, 0.6) is 0 Å². The van der Waals surface area contributed by atoms with Crippen LogP contribution in [-0.4, -0.2) is 9.80 Å². The van der Waals surface area contributed by atoms with Crippen LogP contribution in [-0.2, 0) is 13.1 Å². The molecule has 0 amide bonds. The summed E-state index contributed by atoms with van der Waals surface area (Å²) in [4.78, 5) is 4.86. The monoisotopic (exact) mass is 502 g/mol. The van der Waals surface area contributed by atoms with Gasteiger partial charge < -0.3 is 0 Å². The minimum Gasteiger partial charge on any atom is -0.266 e. The standard InChI is InChI=1S/C37H30N2/c1-3-15-30(16-4-1)36-37(31-17-5-2-6-18-31)39(26-33-22-12-20-29-14-8-10-24-35(29)33)27-38(36)25-32-21-11-19-28-13-7-9-23-34(28)32/h1-24,36-37H,25-26H2/t36-,37-/m0/s1. The minimum absolute atomic E-state index is 0.127. The molecule has 1 aliphatic rings. The summed E-state index contributed by atoms with van der Waals surface area (Å²) < 4.78 is 0. The first kappa shape index (κ1) is 23.8. The average molecular weight is 503 g/mol. The number of hydrogen-bond donors (Lipinski definition) is 0. The van der Waals surface area contributed by atoms with Crippen molar-refractivity contribution in [2.45, 2.75) is 25.2 Å². The molecule has 2 heteroatoms. The predicted molar refractivity (Wildman–Crippen MR) is 161 cm³/mol. The first-order valence-electron chi connectivity index (χ1n) is 13.7. The normalized spacial score (nSPS) is 18.2. The van der Waals surface area contributed by atoms with E-state index in [1.54, 1.807) is 0 Å². The van der Waals surface area contributed by atoms with Gasteiger partial charge in [-0.1, -0.05) is 146 Å². The summed E-state index contributed by atoms with van der Waals surface area (Å²) in [6.45, 7) is 5.46. The molecule has 1 heterocycles. The van der Waals surface area contributed by atoms with Crippen LogP contribution >= 0.6 is 0 Å². The van der Waals surface area contributed by atoms with Crippen molar-refractivity contribution in [1.82, 2.24) is 9.80 Å². The van der Waals surface area contributed by atoms with E-state index in [4.69, 9.17) is 0 Å². The molecule has 0 aliphatic carbocycles. The van der Waals surface area contributed by atoms with Gasteiger partial charge in [0, 0.05) is 13.1 Å². The van der Waals surface area contributed by atoms with Crippen molar-refractivity contribution in [3.8, 4) is 0 Å². The number of hydrogen-bond acceptors (Lipinski definition) is 2. The molecule has 39 heavy (non-hydrogen) atoms. The van der Waals surface area contributed by atoms with Crippen LogP contribution in [0.3, 0.4) is 0 Å². The van der Waals surface area contributed by atoms with E-state index in [0.717, 1.165) is 13.1 Å². The van der Waals surface area contributed by atoms with Gasteiger partial charge in [-0.25, -0.2) is 0 Å². The molecule has 2 radical (unpaired) electrons. The Morgan fingerprint density at radius 2 is 0.795 bits per heavy atom. The second-order valence-corrected chi connectivity index (χ2v) is 10.3. The maximum Gasteiger partial charge on any atom is 0.148 e. The average Bonchev–Trinajstić information content (AvgIpc) is 3.35. The first-order chi connectivity index (χ1) is 19.3. The molecule has 2 nitrogen and oxygen atoms in total. The van der Waals surface area contributed by atoms with Crippen LogP contribution in [0.15, 0.2) is 146 Å². The van der Waals surface area contributed by atoms with Gasteiger partial charge in [0.05, 0.1) is 12.1 Å². The van der Waals surface area contributed by atoms with Gasteiger partial charge >= 0.3 is 0 Å². The predicted octanol–water partition coefficient (Wildman–Crippen LogP) is 8.79. The molecule has 1 aliphatic heterocycles. The van der Waals surface area contributed by atoms with E-state index in [1.807, 2.05) is 0 Å². The van der Waals surface area contributed by atoms with Crippen molar-refractivity contribution in [2.75, 3.05) is 0 Å². The minimum atomic E-state index is 0.127. The van der Waals surface area contributed by atoms with Gasteiger partial charge in [0.1, 0.15) is 6.67 Å². The second-order valence-electron chi connectivity index (χ2n) is 10.3. The van der Waals surface area contributed by atoms with E-state index in [0.29, 0.717) is 0 Å². The van der Waals surface area contributed by atoms with Crippen molar-refractivity contribution < 1.29 is 0 Å². The van der Waals surface area contributed by atoms with Crippen molar-refractivity contribution in [3.63, 3.8) is 0 Å².